The number of thiophene rings is 1. The average Bonchev–Trinajstić information content (AvgIpc) is 3.28. The molecule has 0 aliphatic carbocycles. The molecule has 0 spiro atoms. The fraction of sp³-hybridized carbons (Fsp3) is 0.0800. The van der Waals surface area contributed by atoms with Gasteiger partial charge in [-0.25, -0.2) is 0 Å². The Morgan fingerprint density at radius 3 is 2.48 bits per heavy atom. The van der Waals surface area contributed by atoms with Crippen LogP contribution in [0.4, 0.5) is 0 Å². The maximum atomic E-state index is 11.6. The molecule has 0 bridgehead atoms. The zero-order valence-electron chi connectivity index (χ0n) is 16.6. The molecule has 0 radical (unpaired) electrons. The number of hydrogen-bond donors (Lipinski definition) is 0. The summed E-state index contributed by atoms with van der Waals surface area (Å²) in [5.74, 6) is -0.329. The monoisotopic (exact) mass is 449 g/mol. The Hall–Kier alpha value is -3.28. The maximum Gasteiger partial charge on any atom is 0.127 e. The van der Waals surface area contributed by atoms with Crippen LogP contribution in [0.15, 0.2) is 78.2 Å². The van der Waals surface area contributed by atoms with Gasteiger partial charge >= 0.3 is 0 Å². The van der Waals surface area contributed by atoms with E-state index in [1.54, 1.807) is 18.2 Å². The van der Waals surface area contributed by atoms with Crippen LogP contribution >= 0.6 is 22.9 Å². The van der Waals surface area contributed by atoms with Crippen molar-refractivity contribution in [3.63, 3.8) is 0 Å². The van der Waals surface area contributed by atoms with Crippen LogP contribution in [0.3, 0.4) is 0 Å². The lowest BCUT2D eigenvalue weighted by Crippen LogP contribution is -2.22. The first-order valence-electron chi connectivity index (χ1n) is 9.50. The normalized spacial score (nSPS) is 10.6. The first-order chi connectivity index (χ1) is 15.1. The van der Waals surface area contributed by atoms with E-state index in [0.717, 1.165) is 27.1 Å². The molecule has 0 atom stereocenters. The molecule has 0 aliphatic heterocycles. The topological polar surface area (TPSA) is 58.6 Å². The fourth-order valence-corrected chi connectivity index (χ4v) is 4.41. The number of ether oxygens (including phenoxy) is 2. The van der Waals surface area contributed by atoms with Gasteiger partial charge in [0.2, 0.25) is 0 Å². The van der Waals surface area contributed by atoms with Gasteiger partial charge in [0.05, 0.1) is 13.1 Å². The summed E-state index contributed by atoms with van der Waals surface area (Å²) in [5.41, 5.74) is 3.56. The second-order valence-corrected chi connectivity index (χ2v) is 8.13. The molecule has 0 amide bonds. The second-order valence-electron chi connectivity index (χ2n) is 6.78. The number of halogens is 1. The second kappa shape index (κ2) is 9.25. The van der Waals surface area contributed by atoms with Crippen LogP contribution in [-0.4, -0.2) is 13.1 Å². The number of carboxylic acid groups (broad SMARTS) is 1. The quantitative estimate of drug-likeness (QED) is 0.364. The minimum Gasteiger partial charge on any atom is -0.545 e. The van der Waals surface area contributed by atoms with Gasteiger partial charge in [0, 0.05) is 26.6 Å². The van der Waals surface area contributed by atoms with Crippen LogP contribution in [0.5, 0.6) is 11.5 Å². The molecule has 156 valence electrons. The van der Waals surface area contributed by atoms with Crippen molar-refractivity contribution in [3.05, 3.63) is 94.3 Å². The number of hydrogen-bond acceptors (Lipinski definition) is 5. The minimum atomic E-state index is -1.29. The molecule has 4 nitrogen and oxygen atoms in total. The van der Waals surface area contributed by atoms with Crippen LogP contribution < -0.4 is 14.6 Å². The summed E-state index contributed by atoms with van der Waals surface area (Å²) < 4.78 is 11.3. The number of carboxylic acids is 1. The van der Waals surface area contributed by atoms with Crippen LogP contribution in [0.2, 0.25) is 5.02 Å². The number of carbonyl (C=O) groups is 1. The lowest BCUT2D eigenvalue weighted by atomic mass is 10.0. The molecule has 0 saturated carbocycles. The molecule has 4 aromatic rings. The SMILES string of the molecule is COc1ccc(-c2sccc2-c2cc(Cl)ccc2OCc2ccccc2)cc1C(=O)[O-]. The summed E-state index contributed by atoms with van der Waals surface area (Å²) in [6.45, 7) is 0.423. The van der Waals surface area contributed by atoms with Gasteiger partial charge in [-0.2, -0.15) is 0 Å². The van der Waals surface area contributed by atoms with Crippen molar-refractivity contribution >= 4 is 28.9 Å². The van der Waals surface area contributed by atoms with E-state index in [9.17, 15) is 9.90 Å². The first kappa shape index (κ1) is 21.0. The molecule has 1 aromatic heterocycles. The summed E-state index contributed by atoms with van der Waals surface area (Å²) in [6, 6.07) is 22.4. The van der Waals surface area contributed by atoms with Crippen molar-refractivity contribution in [1.29, 1.82) is 0 Å². The van der Waals surface area contributed by atoms with E-state index in [-0.39, 0.29) is 11.3 Å². The zero-order valence-corrected chi connectivity index (χ0v) is 18.2. The van der Waals surface area contributed by atoms with Crippen LogP contribution in [0, 0.1) is 0 Å². The minimum absolute atomic E-state index is 0.00555. The Morgan fingerprint density at radius 1 is 0.968 bits per heavy atom. The molecule has 6 heteroatoms. The van der Waals surface area contributed by atoms with Crippen molar-refractivity contribution in [2.45, 2.75) is 6.61 Å². The highest BCUT2D eigenvalue weighted by Crippen LogP contribution is 2.42. The third-order valence-electron chi connectivity index (χ3n) is 4.82. The number of carbonyl (C=O) groups excluding carboxylic acids is 1. The number of aromatic carboxylic acids is 1. The highest BCUT2D eigenvalue weighted by molar-refractivity contribution is 7.14. The van der Waals surface area contributed by atoms with Gasteiger partial charge in [0.25, 0.3) is 0 Å². The van der Waals surface area contributed by atoms with Gasteiger partial charge in [-0.15, -0.1) is 11.3 Å². The predicted octanol–water partition coefficient (Wildman–Crippen LogP) is 5.69. The highest BCUT2D eigenvalue weighted by atomic mass is 35.5. The van der Waals surface area contributed by atoms with E-state index in [1.165, 1.54) is 18.4 Å². The van der Waals surface area contributed by atoms with Crippen LogP contribution in [-0.2, 0) is 6.61 Å². The largest absolute Gasteiger partial charge is 0.545 e. The van der Waals surface area contributed by atoms with Crippen LogP contribution in [0.25, 0.3) is 21.6 Å². The van der Waals surface area contributed by atoms with Crippen molar-refractivity contribution in [1.82, 2.24) is 0 Å². The number of methoxy groups -OCH3 is 1. The molecule has 31 heavy (non-hydrogen) atoms. The van der Waals surface area contributed by atoms with E-state index >= 15 is 0 Å². The van der Waals surface area contributed by atoms with Crippen molar-refractivity contribution in [2.24, 2.45) is 0 Å². The van der Waals surface area contributed by atoms with Gasteiger partial charge in [-0.1, -0.05) is 41.9 Å². The lowest BCUT2D eigenvalue weighted by molar-refractivity contribution is -0.255. The molecule has 4 rings (SSSR count). The van der Waals surface area contributed by atoms with Gasteiger partial charge in [-0.05, 0) is 59.0 Å². The van der Waals surface area contributed by atoms with Gasteiger partial charge < -0.3 is 19.4 Å². The molecule has 0 N–H and O–H groups in total. The highest BCUT2D eigenvalue weighted by Gasteiger charge is 2.16. The zero-order chi connectivity index (χ0) is 21.8. The van der Waals surface area contributed by atoms with E-state index in [2.05, 4.69) is 0 Å². The maximum absolute atomic E-state index is 11.6. The summed E-state index contributed by atoms with van der Waals surface area (Å²) in [4.78, 5) is 12.5. The summed E-state index contributed by atoms with van der Waals surface area (Å²) in [7, 11) is 1.43. The molecule has 0 saturated heterocycles. The van der Waals surface area contributed by atoms with Gasteiger partial charge in [0.15, 0.2) is 0 Å². The van der Waals surface area contributed by atoms with Crippen molar-refractivity contribution in [2.75, 3.05) is 7.11 Å². The third kappa shape index (κ3) is 4.58. The summed E-state index contributed by atoms with van der Waals surface area (Å²) in [6.07, 6.45) is 0. The lowest BCUT2D eigenvalue weighted by Gasteiger charge is -2.15. The number of rotatable bonds is 7. The Balaban J connectivity index is 1.74. The molecule has 0 aliphatic rings. The first-order valence-corrected chi connectivity index (χ1v) is 10.8. The molecule has 0 unspecified atom stereocenters. The van der Waals surface area contributed by atoms with E-state index in [0.29, 0.717) is 17.4 Å². The Morgan fingerprint density at radius 2 is 1.74 bits per heavy atom. The summed E-state index contributed by atoms with van der Waals surface area (Å²) >= 11 is 7.81. The van der Waals surface area contributed by atoms with Crippen LogP contribution in [0.1, 0.15) is 15.9 Å². The fourth-order valence-electron chi connectivity index (χ4n) is 3.33. The Bertz CT molecular complexity index is 1220. The van der Waals surface area contributed by atoms with Crippen molar-refractivity contribution in [3.8, 4) is 33.1 Å². The molecular formula is C25H18ClO4S-. The Kier molecular flexibility index (Phi) is 6.26. The van der Waals surface area contributed by atoms with Gasteiger partial charge in [0.1, 0.15) is 18.1 Å². The molecular weight excluding hydrogens is 432 g/mol. The van der Waals surface area contributed by atoms with E-state index < -0.39 is 5.97 Å². The third-order valence-corrected chi connectivity index (χ3v) is 6.01. The average molecular weight is 450 g/mol. The number of benzene rings is 3. The molecule has 3 aromatic carbocycles. The van der Waals surface area contributed by atoms with Gasteiger partial charge in [-0.3, -0.25) is 0 Å². The van der Waals surface area contributed by atoms with E-state index in [4.69, 9.17) is 21.1 Å². The summed E-state index contributed by atoms with van der Waals surface area (Å²) in [5, 5.41) is 14.1. The smallest absolute Gasteiger partial charge is 0.127 e. The molecule has 1 heterocycles. The van der Waals surface area contributed by atoms with Crippen molar-refractivity contribution < 1.29 is 19.4 Å². The van der Waals surface area contributed by atoms with E-state index in [1.807, 2.05) is 60.0 Å². The molecule has 0 fully saturated rings. The Labute approximate surface area is 189 Å². The standard InChI is InChI=1S/C25H19ClO4S/c1-29-22-9-7-17(13-21(22)25(27)28)24-19(11-12-31-24)20-14-18(26)8-10-23(20)30-15-16-5-3-2-4-6-16/h2-14H,15H2,1H3,(H,27,28)/p-1. The predicted molar refractivity (Wildman–Crippen MR) is 122 cm³/mol.